The van der Waals surface area contributed by atoms with E-state index in [1.54, 1.807) is 12.1 Å². The van der Waals surface area contributed by atoms with Gasteiger partial charge < -0.3 is 5.11 Å². The van der Waals surface area contributed by atoms with E-state index in [1.165, 1.54) is 5.56 Å². The second kappa shape index (κ2) is 9.01. The van der Waals surface area contributed by atoms with E-state index < -0.39 is 0 Å². The molecule has 1 heterocycles. The number of rotatable bonds is 5. The Kier molecular flexibility index (Phi) is 5.61. The number of aromatic nitrogens is 2. The molecule has 0 bridgehead atoms. The van der Waals surface area contributed by atoms with Crippen molar-refractivity contribution in [2.75, 3.05) is 0 Å². The van der Waals surface area contributed by atoms with Gasteiger partial charge in [0.2, 0.25) is 0 Å². The minimum absolute atomic E-state index is 0.256. The van der Waals surface area contributed by atoms with Crippen LogP contribution in [0.25, 0.3) is 40.4 Å². The van der Waals surface area contributed by atoms with Crippen molar-refractivity contribution in [2.24, 2.45) is 0 Å². The van der Waals surface area contributed by atoms with Gasteiger partial charge in [0.05, 0.1) is 11.4 Å². The van der Waals surface area contributed by atoms with Crippen molar-refractivity contribution >= 4 is 12.2 Å². The maximum Gasteiger partial charge on any atom is 0.138 e. The first-order valence-electron chi connectivity index (χ1n) is 11.0. The van der Waals surface area contributed by atoms with Crippen LogP contribution in [0, 0.1) is 6.92 Å². The third-order valence-electron chi connectivity index (χ3n) is 5.61. The van der Waals surface area contributed by atoms with Gasteiger partial charge in [0.1, 0.15) is 11.6 Å². The van der Waals surface area contributed by atoms with Gasteiger partial charge in [0, 0.05) is 16.8 Å². The number of imidazole rings is 1. The Bertz CT molecular complexity index is 1380. The Morgan fingerprint density at radius 1 is 0.667 bits per heavy atom. The summed E-state index contributed by atoms with van der Waals surface area (Å²) >= 11 is 0. The molecule has 0 aliphatic rings. The van der Waals surface area contributed by atoms with Gasteiger partial charge in [-0.15, -0.1) is 0 Å². The molecule has 0 fully saturated rings. The van der Waals surface area contributed by atoms with Crippen LogP contribution in [0.4, 0.5) is 0 Å². The maximum absolute atomic E-state index is 9.61. The second-order valence-electron chi connectivity index (χ2n) is 8.00. The fourth-order valence-corrected chi connectivity index (χ4v) is 3.92. The minimum atomic E-state index is 0.256. The summed E-state index contributed by atoms with van der Waals surface area (Å²) in [5.74, 6) is 1.09. The van der Waals surface area contributed by atoms with E-state index >= 15 is 0 Å². The number of aromatic hydroxyl groups is 1. The van der Waals surface area contributed by atoms with Gasteiger partial charge in [0.15, 0.2) is 0 Å². The summed E-state index contributed by atoms with van der Waals surface area (Å²) in [6.07, 6.45) is 4.06. The van der Waals surface area contributed by atoms with Crippen LogP contribution in [0.15, 0.2) is 109 Å². The van der Waals surface area contributed by atoms with Crippen molar-refractivity contribution in [3.63, 3.8) is 0 Å². The summed E-state index contributed by atoms with van der Waals surface area (Å²) < 4.78 is 2.22. The molecule has 4 aromatic carbocycles. The highest BCUT2D eigenvalue weighted by Gasteiger charge is 2.20. The average molecular weight is 429 g/mol. The van der Waals surface area contributed by atoms with Crippen LogP contribution in [0.2, 0.25) is 0 Å². The van der Waals surface area contributed by atoms with E-state index in [0.29, 0.717) is 0 Å². The fraction of sp³-hybridized carbons (Fsp3) is 0.0333. The molecule has 0 aliphatic heterocycles. The summed E-state index contributed by atoms with van der Waals surface area (Å²) in [6.45, 7) is 2.09. The van der Waals surface area contributed by atoms with Crippen molar-refractivity contribution in [1.29, 1.82) is 0 Å². The molecule has 0 spiro atoms. The molecule has 5 aromatic rings. The molecule has 0 amide bonds. The first-order chi connectivity index (χ1) is 16.2. The molecule has 3 heteroatoms. The van der Waals surface area contributed by atoms with E-state index in [9.17, 15) is 5.11 Å². The first kappa shape index (κ1) is 20.5. The molecule has 0 saturated carbocycles. The number of benzene rings is 4. The number of phenolic OH excluding ortho intramolecular Hbond substituents is 1. The van der Waals surface area contributed by atoms with Gasteiger partial charge in [-0.05, 0) is 42.8 Å². The van der Waals surface area contributed by atoms with Crippen molar-refractivity contribution in [3.05, 3.63) is 126 Å². The Morgan fingerprint density at radius 2 is 1.27 bits per heavy atom. The Balaban J connectivity index is 1.76. The molecule has 5 rings (SSSR count). The number of nitrogens with zero attached hydrogens (tertiary/aromatic N) is 2. The molecular weight excluding hydrogens is 404 g/mol. The summed E-state index contributed by atoms with van der Waals surface area (Å²) in [5, 5.41) is 9.61. The summed E-state index contributed by atoms with van der Waals surface area (Å²) in [6, 6.07) is 36.4. The lowest BCUT2D eigenvalue weighted by atomic mass is 10.0. The molecule has 160 valence electrons. The molecule has 0 unspecified atom stereocenters. The lowest BCUT2D eigenvalue weighted by molar-refractivity contribution is 0.475. The van der Waals surface area contributed by atoms with Gasteiger partial charge in [0.25, 0.3) is 0 Å². The Labute approximate surface area is 193 Å². The third kappa shape index (κ3) is 4.35. The van der Waals surface area contributed by atoms with Crippen LogP contribution in [-0.2, 0) is 0 Å². The zero-order chi connectivity index (χ0) is 22.6. The summed E-state index contributed by atoms with van der Waals surface area (Å²) in [4.78, 5) is 5.11. The minimum Gasteiger partial charge on any atom is -0.508 e. The lowest BCUT2D eigenvalue weighted by Gasteiger charge is -2.13. The van der Waals surface area contributed by atoms with E-state index in [1.807, 2.05) is 48.6 Å². The van der Waals surface area contributed by atoms with Crippen LogP contribution in [0.5, 0.6) is 5.75 Å². The molecule has 0 saturated heterocycles. The smallest absolute Gasteiger partial charge is 0.138 e. The van der Waals surface area contributed by atoms with Crippen molar-refractivity contribution in [3.8, 4) is 34.0 Å². The Morgan fingerprint density at radius 3 is 1.91 bits per heavy atom. The highest BCUT2D eigenvalue weighted by molar-refractivity contribution is 5.83. The molecule has 3 nitrogen and oxygen atoms in total. The molecule has 0 atom stereocenters. The monoisotopic (exact) mass is 428 g/mol. The van der Waals surface area contributed by atoms with Crippen LogP contribution in [-0.4, -0.2) is 14.7 Å². The number of aryl methyl sites for hydroxylation is 1. The normalized spacial score (nSPS) is 11.2. The Hall–Kier alpha value is -4.37. The van der Waals surface area contributed by atoms with Gasteiger partial charge in [-0.2, -0.15) is 0 Å². The fourth-order valence-electron chi connectivity index (χ4n) is 3.92. The quantitative estimate of drug-likeness (QED) is 0.317. The summed E-state index contributed by atoms with van der Waals surface area (Å²) in [7, 11) is 0. The van der Waals surface area contributed by atoms with Gasteiger partial charge in [-0.25, -0.2) is 4.98 Å². The average Bonchev–Trinajstić information content (AvgIpc) is 3.25. The van der Waals surface area contributed by atoms with E-state index in [0.717, 1.165) is 39.6 Å². The topological polar surface area (TPSA) is 38.0 Å². The van der Waals surface area contributed by atoms with Crippen molar-refractivity contribution < 1.29 is 5.11 Å². The lowest BCUT2D eigenvalue weighted by Crippen LogP contribution is -2.00. The van der Waals surface area contributed by atoms with Gasteiger partial charge >= 0.3 is 0 Å². The molecule has 1 aromatic heterocycles. The SMILES string of the molecule is Cc1ccc(-n2c(/C=C/c3ccc(O)cc3)nc(-c3ccccc3)c2-c2ccccc2)cc1. The zero-order valence-electron chi connectivity index (χ0n) is 18.4. The second-order valence-corrected chi connectivity index (χ2v) is 8.00. The third-order valence-corrected chi connectivity index (χ3v) is 5.61. The molecule has 1 N–H and O–H groups in total. The number of hydrogen-bond donors (Lipinski definition) is 1. The van der Waals surface area contributed by atoms with Crippen LogP contribution < -0.4 is 0 Å². The number of phenols is 1. The van der Waals surface area contributed by atoms with Gasteiger partial charge in [-0.3, -0.25) is 4.57 Å². The van der Waals surface area contributed by atoms with E-state index in [-0.39, 0.29) is 5.75 Å². The molecular formula is C30H24N2O. The molecule has 33 heavy (non-hydrogen) atoms. The van der Waals surface area contributed by atoms with E-state index in [4.69, 9.17) is 4.98 Å². The predicted octanol–water partition coefficient (Wildman–Crippen LogP) is 7.39. The van der Waals surface area contributed by atoms with Crippen molar-refractivity contribution in [2.45, 2.75) is 6.92 Å². The van der Waals surface area contributed by atoms with E-state index in [2.05, 4.69) is 72.2 Å². The van der Waals surface area contributed by atoms with Crippen molar-refractivity contribution in [1.82, 2.24) is 9.55 Å². The molecule has 0 radical (unpaired) electrons. The molecule has 0 aliphatic carbocycles. The predicted molar refractivity (Wildman–Crippen MR) is 136 cm³/mol. The number of hydrogen-bond acceptors (Lipinski definition) is 2. The van der Waals surface area contributed by atoms with Gasteiger partial charge in [-0.1, -0.05) is 96.6 Å². The van der Waals surface area contributed by atoms with Crippen LogP contribution >= 0.6 is 0 Å². The largest absolute Gasteiger partial charge is 0.508 e. The van der Waals surface area contributed by atoms with Crippen LogP contribution in [0.3, 0.4) is 0 Å². The summed E-state index contributed by atoms with van der Waals surface area (Å²) in [5.41, 5.74) is 7.43. The first-order valence-corrected chi connectivity index (χ1v) is 11.0. The zero-order valence-corrected chi connectivity index (χ0v) is 18.4. The van der Waals surface area contributed by atoms with Crippen LogP contribution in [0.1, 0.15) is 17.0 Å². The highest BCUT2D eigenvalue weighted by atomic mass is 16.3. The highest BCUT2D eigenvalue weighted by Crippen LogP contribution is 2.35. The standard InChI is InChI=1S/C30H24N2O/c1-22-12-17-26(18-13-22)32-28(21-16-23-14-19-27(33)20-15-23)31-29(24-8-4-2-5-9-24)30(32)25-10-6-3-7-11-25/h2-21,33H,1H3/b21-16+. The maximum atomic E-state index is 9.61.